The first-order valence-corrected chi connectivity index (χ1v) is 23.0. The molecular formula is C36H32N6O6S5. The number of nitrogens with zero attached hydrogens (tertiary/aromatic N) is 5. The number of nitrogens with one attached hydrogen (secondary N) is 1. The SMILES string of the molecule is CN1C(=O)[C@@]23C[C@]4([C@]56C[C@@]78SS[C@@](C)(C(=O)N7[C@H]5N(S(=O)(=O)c5ccccc5)c5ccccc56)N(C)C8=O)c5ccccc5N[C@@H]4N2C(=O)[C@]1(C)SS3. The molecule has 53 heavy (non-hydrogen) atoms. The van der Waals surface area contributed by atoms with E-state index >= 15 is 13.2 Å². The molecule has 3 aromatic rings. The van der Waals surface area contributed by atoms with Gasteiger partial charge in [-0.25, -0.2) is 12.7 Å². The average Bonchev–Trinajstić information content (AvgIpc) is 3.84. The number of hydrogen-bond donors (Lipinski definition) is 1. The van der Waals surface area contributed by atoms with Crippen molar-refractivity contribution >= 4 is 88.2 Å². The lowest BCUT2D eigenvalue weighted by molar-refractivity contribution is -0.163. The van der Waals surface area contributed by atoms with E-state index in [1.807, 2.05) is 36.4 Å². The summed E-state index contributed by atoms with van der Waals surface area (Å²) < 4.78 is 32.1. The molecule has 4 amide bonds. The van der Waals surface area contributed by atoms with Crippen LogP contribution in [0.25, 0.3) is 0 Å². The summed E-state index contributed by atoms with van der Waals surface area (Å²) in [6.45, 7) is 3.49. The maximum absolute atomic E-state index is 15.3. The fourth-order valence-electron chi connectivity index (χ4n) is 10.7. The second kappa shape index (κ2) is 9.64. The van der Waals surface area contributed by atoms with Crippen molar-refractivity contribution in [3.63, 3.8) is 0 Å². The molecule has 12 nitrogen and oxygen atoms in total. The molecule has 0 aliphatic carbocycles. The minimum Gasteiger partial charge on any atom is -0.364 e. The molecule has 13 rings (SSSR count). The highest BCUT2D eigenvalue weighted by Crippen LogP contribution is 2.79. The zero-order valence-electron chi connectivity index (χ0n) is 28.8. The van der Waals surface area contributed by atoms with Crippen molar-refractivity contribution in [1.82, 2.24) is 19.6 Å². The maximum atomic E-state index is 15.3. The number of sulfonamides is 1. The van der Waals surface area contributed by atoms with Gasteiger partial charge in [0, 0.05) is 32.6 Å². The average molecular weight is 805 g/mol. The van der Waals surface area contributed by atoms with Crippen LogP contribution in [0.3, 0.4) is 0 Å². The molecule has 1 N–H and O–H groups in total. The van der Waals surface area contributed by atoms with Gasteiger partial charge in [0.1, 0.15) is 12.3 Å². The van der Waals surface area contributed by atoms with Crippen LogP contribution in [0.5, 0.6) is 0 Å². The van der Waals surface area contributed by atoms with Gasteiger partial charge in [-0.05, 0) is 49.2 Å². The van der Waals surface area contributed by atoms with Crippen LogP contribution in [0.4, 0.5) is 11.4 Å². The Morgan fingerprint density at radius 1 is 0.642 bits per heavy atom. The molecule has 0 saturated carbocycles. The van der Waals surface area contributed by atoms with Gasteiger partial charge in [-0.2, -0.15) is 0 Å². The van der Waals surface area contributed by atoms with E-state index in [2.05, 4.69) is 5.32 Å². The number of anilines is 2. The lowest BCUT2D eigenvalue weighted by Gasteiger charge is -2.58. The number of carbonyl (C=O) groups excluding carboxylic acids is 4. The van der Waals surface area contributed by atoms with Crippen LogP contribution in [0.15, 0.2) is 83.8 Å². The predicted octanol–water partition coefficient (Wildman–Crippen LogP) is 4.17. The van der Waals surface area contributed by atoms with Crippen LogP contribution in [-0.4, -0.2) is 97.6 Å². The van der Waals surface area contributed by atoms with Crippen molar-refractivity contribution in [3.05, 3.63) is 90.0 Å². The molecule has 10 aliphatic rings. The highest BCUT2D eigenvalue weighted by atomic mass is 33.1. The number of benzene rings is 3. The molecule has 10 aliphatic heterocycles. The summed E-state index contributed by atoms with van der Waals surface area (Å²) in [5.74, 6) is -1.06. The quantitative estimate of drug-likeness (QED) is 0.383. The first-order valence-electron chi connectivity index (χ1n) is 17.2. The minimum absolute atomic E-state index is 0.0461. The smallest absolute Gasteiger partial charge is 0.266 e. The minimum atomic E-state index is -4.39. The molecule has 3 aromatic carbocycles. The van der Waals surface area contributed by atoms with Crippen LogP contribution in [0, 0.1) is 0 Å². The van der Waals surface area contributed by atoms with Crippen molar-refractivity contribution in [1.29, 1.82) is 0 Å². The summed E-state index contributed by atoms with van der Waals surface area (Å²) in [4.78, 5) is 61.0. The Morgan fingerprint density at radius 3 is 1.83 bits per heavy atom. The molecule has 8 atom stereocenters. The number of hydrogen-bond acceptors (Lipinski definition) is 11. The Morgan fingerprint density at radius 2 is 1.17 bits per heavy atom. The summed E-state index contributed by atoms with van der Waals surface area (Å²) in [5.41, 5.74) is 0.0777. The summed E-state index contributed by atoms with van der Waals surface area (Å²) in [5, 5.41) is 3.69. The zero-order valence-corrected chi connectivity index (χ0v) is 32.9. The lowest BCUT2D eigenvalue weighted by Crippen LogP contribution is -2.76. The van der Waals surface area contributed by atoms with E-state index in [9.17, 15) is 14.4 Å². The normalized spacial score (nSPS) is 40.0. The third kappa shape index (κ3) is 3.18. The summed E-state index contributed by atoms with van der Waals surface area (Å²) in [7, 11) is 4.31. The number of carbonyl (C=O) groups is 4. The Labute approximate surface area is 321 Å². The maximum Gasteiger partial charge on any atom is 0.266 e. The lowest BCUT2D eigenvalue weighted by atomic mass is 9.54. The molecule has 8 fully saturated rings. The number of rotatable bonds is 3. The van der Waals surface area contributed by atoms with Crippen LogP contribution >= 0.6 is 43.2 Å². The van der Waals surface area contributed by atoms with Crippen LogP contribution < -0.4 is 9.62 Å². The van der Waals surface area contributed by atoms with E-state index < -0.39 is 52.7 Å². The summed E-state index contributed by atoms with van der Waals surface area (Å²) in [6.07, 6.45) is -1.88. The Balaban J connectivity index is 1.28. The van der Waals surface area contributed by atoms with Crippen LogP contribution in [0.1, 0.15) is 37.8 Å². The largest absolute Gasteiger partial charge is 0.364 e. The van der Waals surface area contributed by atoms with Crippen molar-refractivity contribution in [2.24, 2.45) is 0 Å². The number of amides is 4. The van der Waals surface area contributed by atoms with Crippen molar-refractivity contribution in [2.75, 3.05) is 23.7 Å². The molecule has 0 aromatic heterocycles. The Hall–Kier alpha value is -3.51. The molecular weight excluding hydrogens is 773 g/mol. The van der Waals surface area contributed by atoms with Gasteiger partial charge in [0.05, 0.1) is 21.4 Å². The van der Waals surface area contributed by atoms with Crippen molar-refractivity contribution in [2.45, 2.75) is 74.2 Å². The van der Waals surface area contributed by atoms with Crippen molar-refractivity contribution in [3.8, 4) is 0 Å². The zero-order chi connectivity index (χ0) is 36.9. The first-order chi connectivity index (χ1) is 25.2. The highest BCUT2D eigenvalue weighted by Gasteiger charge is 2.88. The van der Waals surface area contributed by atoms with E-state index in [4.69, 9.17) is 0 Å². The first kappa shape index (κ1) is 32.9. The number of likely N-dealkylation sites (N-methyl/N-ethyl adjacent to an activating group) is 2. The Kier molecular flexibility index (Phi) is 5.98. The van der Waals surface area contributed by atoms with Gasteiger partial charge < -0.3 is 15.1 Å². The van der Waals surface area contributed by atoms with E-state index in [0.717, 1.165) is 11.3 Å². The van der Waals surface area contributed by atoms with Gasteiger partial charge in [-0.3, -0.25) is 29.0 Å². The van der Waals surface area contributed by atoms with Gasteiger partial charge in [0.25, 0.3) is 33.7 Å². The monoisotopic (exact) mass is 804 g/mol. The summed E-state index contributed by atoms with van der Waals surface area (Å²) >= 11 is 0. The standard InChI is InChI=1S/C36H32N6O6S5/c1-31-27(43)40-25-33(21-14-8-10-16-23(21)37-25,18-35(40,51-49-31)29(45)38(31)3)34-19-36-30(46)39(4)32(2,50-52-36)28(44)41(36)26(34)42(24-17-11-9-15-22(24)34)53(47,48)20-12-6-5-7-13-20/h5-17,25-26,37H,18-19H2,1-4H3/t25-,26+,31+,32+,33+,34+,35+,36+/m1/s1. The van der Waals surface area contributed by atoms with Gasteiger partial charge in [-0.15, -0.1) is 0 Å². The van der Waals surface area contributed by atoms with Gasteiger partial charge in [0.2, 0.25) is 0 Å². The fourth-order valence-corrected chi connectivity index (χ4v) is 19.4. The van der Waals surface area contributed by atoms with E-state index in [1.165, 1.54) is 52.4 Å². The second-order valence-corrected chi connectivity index (χ2v) is 22.8. The number of para-hydroxylation sites is 2. The molecule has 0 radical (unpaired) electrons. The summed E-state index contributed by atoms with van der Waals surface area (Å²) in [6, 6.07) is 23.3. The number of piperazine rings is 2. The fraction of sp³-hybridized carbons (Fsp3) is 0.389. The topological polar surface area (TPSA) is 131 Å². The van der Waals surface area contributed by atoms with Gasteiger partial charge in [-0.1, -0.05) is 97.8 Å². The third-order valence-corrected chi connectivity index (χ3v) is 22.5. The molecule has 272 valence electrons. The third-order valence-electron chi connectivity index (χ3n) is 13.3. The van der Waals surface area contributed by atoms with Gasteiger partial charge >= 0.3 is 0 Å². The predicted molar refractivity (Wildman–Crippen MR) is 205 cm³/mol. The van der Waals surface area contributed by atoms with Crippen LogP contribution in [0.2, 0.25) is 0 Å². The van der Waals surface area contributed by atoms with Crippen molar-refractivity contribution < 1.29 is 27.6 Å². The van der Waals surface area contributed by atoms with E-state index in [1.54, 1.807) is 85.1 Å². The van der Waals surface area contributed by atoms with E-state index in [0.29, 0.717) is 11.3 Å². The second-order valence-electron chi connectivity index (χ2n) is 15.3. The van der Waals surface area contributed by atoms with Crippen LogP contribution in [-0.2, 0) is 40.0 Å². The molecule has 17 heteroatoms. The van der Waals surface area contributed by atoms with E-state index in [-0.39, 0.29) is 41.4 Å². The molecule has 10 heterocycles. The highest BCUT2D eigenvalue weighted by molar-refractivity contribution is 8.78. The van der Waals surface area contributed by atoms with Gasteiger partial charge in [0.15, 0.2) is 19.5 Å². The molecule has 8 saturated heterocycles. The Bertz CT molecular complexity index is 2410. The number of fused-ring (bicyclic) bond motifs is 11. The molecule has 2 spiro atoms. The molecule has 0 unspecified atom stereocenters. The molecule has 4 bridgehead atoms.